The molecule has 0 aromatic carbocycles. The van der Waals surface area contributed by atoms with Gasteiger partial charge in [0, 0.05) is 0 Å². The van der Waals surface area contributed by atoms with Gasteiger partial charge in [-0.1, -0.05) is 6.58 Å². The summed E-state index contributed by atoms with van der Waals surface area (Å²) in [6.45, 7) is 2.88. The smallest absolute Gasteiger partial charge is 0.200 e. The van der Waals surface area contributed by atoms with Gasteiger partial charge in [-0.2, -0.15) is 13.2 Å². The van der Waals surface area contributed by atoms with Gasteiger partial charge in [-0.15, -0.1) is 0 Å². The van der Waals surface area contributed by atoms with Crippen LogP contribution in [0.4, 0.5) is 13.2 Å². The zero-order valence-electron chi connectivity index (χ0n) is 3.72. The first kappa shape index (κ1) is 7.75. The van der Waals surface area contributed by atoms with E-state index in [4.69, 9.17) is 0 Å². The Morgan fingerprint density at radius 1 is 1.25 bits per heavy atom. The number of hydrogen-bond acceptors (Lipinski definition) is 0. The minimum atomic E-state index is -2.35. The number of rotatable bonds is 1. The lowest BCUT2D eigenvalue weighted by Gasteiger charge is -1.85. The maximum atomic E-state index is 11.6. The average Bonchev–Trinajstić information content (AvgIpc) is 1.64. The van der Waals surface area contributed by atoms with E-state index in [0.29, 0.717) is 0 Å². The molecule has 0 spiro atoms. The molecule has 0 heterocycles. The summed E-state index contributed by atoms with van der Waals surface area (Å²) in [5.41, 5.74) is 0. The van der Waals surface area contributed by atoms with E-state index in [2.05, 4.69) is 22.5 Å². The highest BCUT2D eigenvalue weighted by atomic mass is 79.9. The number of halogens is 4. The largest absolute Gasteiger partial charge is 0.306 e. The van der Waals surface area contributed by atoms with Crippen molar-refractivity contribution in [2.75, 3.05) is 0 Å². The molecule has 0 saturated carbocycles. The highest BCUT2D eigenvalue weighted by Gasteiger charge is 2.04. The van der Waals surface area contributed by atoms with E-state index < -0.39 is 16.4 Å². The second-order valence-electron chi connectivity index (χ2n) is 0.979. The molecule has 0 aromatic heterocycles. The van der Waals surface area contributed by atoms with Gasteiger partial charge in [0.15, 0.2) is 0 Å². The Hall–Kier alpha value is -0.250. The van der Waals surface area contributed by atoms with Crippen molar-refractivity contribution in [3.8, 4) is 0 Å². The van der Waals surface area contributed by atoms with Crippen molar-refractivity contribution >= 4 is 15.9 Å². The molecule has 0 N–H and O–H groups in total. The zero-order chi connectivity index (χ0) is 6.73. The van der Waals surface area contributed by atoms with Crippen LogP contribution in [0.5, 0.6) is 0 Å². The first-order valence-electron chi connectivity index (χ1n) is 1.61. The molecular weight excluding hydrogens is 185 g/mol. The lowest BCUT2D eigenvalue weighted by molar-refractivity contribution is 0.386. The Morgan fingerprint density at radius 2 is 1.62 bits per heavy atom. The summed E-state index contributed by atoms with van der Waals surface area (Å²) in [5, 5.41) is 0. The van der Waals surface area contributed by atoms with Gasteiger partial charge in [0.2, 0.25) is 5.83 Å². The SMILES string of the molecule is C=C(Br)C(F)=C(F)F. The van der Waals surface area contributed by atoms with E-state index in [0.717, 1.165) is 0 Å². The molecule has 0 aliphatic carbocycles. The molecule has 0 fully saturated rings. The maximum Gasteiger partial charge on any atom is 0.306 e. The molecule has 0 rings (SSSR count). The van der Waals surface area contributed by atoms with Crippen LogP contribution in [-0.4, -0.2) is 0 Å². The van der Waals surface area contributed by atoms with E-state index in [1.807, 2.05) is 0 Å². The van der Waals surface area contributed by atoms with E-state index in [-0.39, 0.29) is 0 Å². The molecule has 0 unspecified atom stereocenters. The molecule has 0 saturated heterocycles. The van der Waals surface area contributed by atoms with Crippen molar-refractivity contribution in [3.05, 3.63) is 23.0 Å². The summed E-state index contributed by atoms with van der Waals surface area (Å²) in [6, 6.07) is 0. The van der Waals surface area contributed by atoms with Crippen LogP contribution in [0.3, 0.4) is 0 Å². The van der Waals surface area contributed by atoms with Crippen molar-refractivity contribution in [1.82, 2.24) is 0 Å². The van der Waals surface area contributed by atoms with Crippen molar-refractivity contribution in [2.24, 2.45) is 0 Å². The van der Waals surface area contributed by atoms with Gasteiger partial charge in [0.25, 0.3) is 0 Å². The fourth-order valence-corrected chi connectivity index (χ4v) is 0.252. The van der Waals surface area contributed by atoms with Gasteiger partial charge in [-0.3, -0.25) is 0 Å². The molecular formula is C4H2BrF3. The van der Waals surface area contributed by atoms with Crippen molar-refractivity contribution in [3.63, 3.8) is 0 Å². The predicted molar refractivity (Wildman–Crippen MR) is 28.4 cm³/mol. The van der Waals surface area contributed by atoms with Crippen molar-refractivity contribution in [2.45, 2.75) is 0 Å². The number of hydrogen-bond donors (Lipinski definition) is 0. The lowest BCUT2D eigenvalue weighted by Crippen LogP contribution is -1.70. The van der Waals surface area contributed by atoms with Crippen LogP contribution in [0.1, 0.15) is 0 Å². The average molecular weight is 187 g/mol. The fraction of sp³-hybridized carbons (Fsp3) is 0. The summed E-state index contributed by atoms with van der Waals surface area (Å²) < 4.78 is 33.4. The molecule has 0 amide bonds. The van der Waals surface area contributed by atoms with Gasteiger partial charge in [-0.25, -0.2) is 0 Å². The monoisotopic (exact) mass is 186 g/mol. The summed E-state index contributed by atoms with van der Waals surface area (Å²) in [6.07, 6.45) is -2.35. The first-order chi connectivity index (χ1) is 3.55. The predicted octanol–water partition coefficient (Wildman–Crippen LogP) is 2.97. The molecule has 0 atom stereocenters. The minimum Gasteiger partial charge on any atom is -0.200 e. The third-order valence-electron chi connectivity index (χ3n) is 0.404. The van der Waals surface area contributed by atoms with Crippen LogP contribution >= 0.6 is 15.9 Å². The van der Waals surface area contributed by atoms with E-state index in [1.165, 1.54) is 0 Å². The minimum absolute atomic E-state index is 0.433. The highest BCUT2D eigenvalue weighted by molar-refractivity contribution is 9.11. The number of allylic oxidation sites excluding steroid dienone is 2. The Bertz CT molecular complexity index is 134. The zero-order valence-corrected chi connectivity index (χ0v) is 5.30. The molecule has 8 heavy (non-hydrogen) atoms. The topological polar surface area (TPSA) is 0 Å². The van der Waals surface area contributed by atoms with Gasteiger partial charge in [-0.05, 0) is 15.9 Å². The van der Waals surface area contributed by atoms with E-state index in [1.54, 1.807) is 0 Å². The Morgan fingerprint density at radius 3 is 1.62 bits per heavy atom. The van der Waals surface area contributed by atoms with E-state index in [9.17, 15) is 13.2 Å². The van der Waals surface area contributed by atoms with Crippen LogP contribution in [0.15, 0.2) is 23.0 Å². The van der Waals surface area contributed by atoms with Gasteiger partial charge in [0.05, 0.1) is 4.48 Å². The Balaban J connectivity index is 4.23. The summed E-state index contributed by atoms with van der Waals surface area (Å²) in [4.78, 5) is 0. The quantitative estimate of drug-likeness (QED) is 0.553. The van der Waals surface area contributed by atoms with Crippen LogP contribution in [-0.2, 0) is 0 Å². The van der Waals surface area contributed by atoms with Gasteiger partial charge in [0.1, 0.15) is 0 Å². The lowest BCUT2D eigenvalue weighted by atomic mass is 10.6. The van der Waals surface area contributed by atoms with Gasteiger partial charge >= 0.3 is 6.08 Å². The third-order valence-corrected chi connectivity index (χ3v) is 0.752. The molecule has 0 aromatic rings. The maximum absolute atomic E-state index is 11.6. The van der Waals surface area contributed by atoms with Crippen LogP contribution < -0.4 is 0 Å². The summed E-state index contributed by atoms with van der Waals surface area (Å²) in [7, 11) is 0. The van der Waals surface area contributed by atoms with Crippen LogP contribution in [0, 0.1) is 0 Å². The van der Waals surface area contributed by atoms with E-state index >= 15 is 0 Å². The molecule has 46 valence electrons. The molecule has 0 aliphatic heterocycles. The molecule has 0 nitrogen and oxygen atoms in total. The molecule has 0 aliphatic rings. The Kier molecular flexibility index (Phi) is 2.82. The van der Waals surface area contributed by atoms with Gasteiger partial charge < -0.3 is 0 Å². The normalized spacial score (nSPS) is 8.50. The van der Waals surface area contributed by atoms with Crippen molar-refractivity contribution < 1.29 is 13.2 Å². The summed E-state index contributed by atoms with van der Waals surface area (Å²) in [5.74, 6) is -1.59. The Labute approximate surface area is 52.8 Å². The van der Waals surface area contributed by atoms with Crippen LogP contribution in [0.25, 0.3) is 0 Å². The standard InChI is InChI=1S/C4H2BrF3/c1-2(5)3(6)4(7)8/h1H2. The second kappa shape index (κ2) is 2.91. The molecule has 0 bridgehead atoms. The fourth-order valence-electron chi connectivity index (χ4n) is 0.103. The third kappa shape index (κ3) is 2.16. The van der Waals surface area contributed by atoms with Crippen molar-refractivity contribution in [1.29, 1.82) is 0 Å². The molecule has 4 heteroatoms. The first-order valence-corrected chi connectivity index (χ1v) is 2.40. The highest BCUT2D eigenvalue weighted by Crippen LogP contribution is 2.20. The molecule has 0 radical (unpaired) electrons. The van der Waals surface area contributed by atoms with Crippen LogP contribution in [0.2, 0.25) is 0 Å². The second-order valence-corrected chi connectivity index (χ2v) is 1.94. The summed E-state index contributed by atoms with van der Waals surface area (Å²) >= 11 is 2.43.